The van der Waals surface area contributed by atoms with E-state index in [1.54, 1.807) is 17.2 Å². The molecular formula is C19H16ClN3O2S. The lowest BCUT2D eigenvalue weighted by atomic mass is 9.86. The number of hydrogen-bond acceptors (Lipinski definition) is 5. The molecule has 5 nitrogen and oxygen atoms in total. The molecule has 1 amide bonds. The summed E-state index contributed by atoms with van der Waals surface area (Å²) in [7, 11) is 0. The van der Waals surface area contributed by atoms with Crippen LogP contribution in [-0.2, 0) is 11.3 Å². The summed E-state index contributed by atoms with van der Waals surface area (Å²) in [6.07, 6.45) is 1.90. The number of thioether (sulfide) groups is 1. The van der Waals surface area contributed by atoms with E-state index in [2.05, 4.69) is 11.0 Å². The Balaban J connectivity index is 1.63. The molecule has 0 N–H and O–H groups in total. The summed E-state index contributed by atoms with van der Waals surface area (Å²) in [5.41, 5.74) is 1.46. The number of benzene rings is 1. The van der Waals surface area contributed by atoms with Crippen LogP contribution < -0.4 is 0 Å². The van der Waals surface area contributed by atoms with E-state index in [-0.39, 0.29) is 18.2 Å². The van der Waals surface area contributed by atoms with E-state index in [4.69, 9.17) is 16.0 Å². The normalized spacial score (nSPS) is 20.8. The summed E-state index contributed by atoms with van der Waals surface area (Å²) in [5.74, 6) is 1.29. The van der Waals surface area contributed by atoms with Gasteiger partial charge in [0.2, 0.25) is 5.91 Å². The van der Waals surface area contributed by atoms with E-state index in [0.29, 0.717) is 29.7 Å². The smallest absolute Gasteiger partial charge is 0.229 e. The molecule has 1 aromatic carbocycles. The van der Waals surface area contributed by atoms with Gasteiger partial charge in [0, 0.05) is 17.4 Å². The van der Waals surface area contributed by atoms with Crippen LogP contribution in [0.15, 0.2) is 57.7 Å². The molecule has 0 radical (unpaired) electrons. The summed E-state index contributed by atoms with van der Waals surface area (Å²) < 4.78 is 5.40. The Kier molecular flexibility index (Phi) is 4.77. The van der Waals surface area contributed by atoms with Gasteiger partial charge in [-0.05, 0) is 23.8 Å². The van der Waals surface area contributed by atoms with Crippen LogP contribution >= 0.6 is 23.4 Å². The Hall–Kier alpha value is -2.20. The predicted molar refractivity (Wildman–Crippen MR) is 99.9 cm³/mol. The zero-order valence-corrected chi connectivity index (χ0v) is 15.5. The summed E-state index contributed by atoms with van der Waals surface area (Å²) in [6.45, 7) is 1.09. The second kappa shape index (κ2) is 7.20. The van der Waals surface area contributed by atoms with Crippen molar-refractivity contribution in [3.8, 4) is 6.07 Å². The molecule has 2 aliphatic heterocycles. The topological polar surface area (TPSA) is 60.5 Å². The van der Waals surface area contributed by atoms with Crippen molar-refractivity contribution in [3.05, 3.63) is 69.6 Å². The fourth-order valence-electron chi connectivity index (χ4n) is 3.35. The second-order valence-electron chi connectivity index (χ2n) is 6.25. The quantitative estimate of drug-likeness (QED) is 0.794. The molecule has 7 heteroatoms. The van der Waals surface area contributed by atoms with Crippen molar-refractivity contribution in [2.45, 2.75) is 18.9 Å². The minimum absolute atomic E-state index is 0.0144. The third-order valence-corrected chi connectivity index (χ3v) is 6.14. The Labute approximate surface area is 160 Å². The van der Waals surface area contributed by atoms with Crippen LogP contribution in [0.2, 0.25) is 5.02 Å². The molecule has 3 heterocycles. The number of rotatable bonds is 3. The van der Waals surface area contributed by atoms with Gasteiger partial charge in [0.25, 0.3) is 0 Å². The molecule has 0 aliphatic carbocycles. The van der Waals surface area contributed by atoms with Gasteiger partial charge >= 0.3 is 0 Å². The van der Waals surface area contributed by atoms with E-state index in [9.17, 15) is 10.1 Å². The van der Waals surface area contributed by atoms with Gasteiger partial charge < -0.3 is 4.42 Å². The van der Waals surface area contributed by atoms with Gasteiger partial charge in [-0.2, -0.15) is 5.26 Å². The minimum atomic E-state index is -0.281. The fourth-order valence-corrected chi connectivity index (χ4v) is 4.76. The largest absolute Gasteiger partial charge is 0.468 e. The van der Waals surface area contributed by atoms with Crippen molar-refractivity contribution < 1.29 is 9.21 Å². The SMILES string of the molecule is N#CC1=C2SCN(Cc3ccco3)CN2C(=O)C[C@H]1c1ccccc1Cl. The summed E-state index contributed by atoms with van der Waals surface area (Å²) in [6, 6.07) is 13.5. The molecule has 0 bridgehead atoms. The Morgan fingerprint density at radius 2 is 2.15 bits per heavy atom. The van der Waals surface area contributed by atoms with Crippen LogP contribution in [0, 0.1) is 11.3 Å². The lowest BCUT2D eigenvalue weighted by molar-refractivity contribution is -0.132. The molecule has 26 heavy (non-hydrogen) atoms. The molecule has 2 aliphatic rings. The van der Waals surface area contributed by atoms with Crippen molar-refractivity contribution >= 4 is 29.3 Å². The van der Waals surface area contributed by atoms with E-state index >= 15 is 0 Å². The highest BCUT2D eigenvalue weighted by atomic mass is 35.5. The number of nitriles is 1. The standard InChI is InChI=1S/C19H16ClN3O2S/c20-17-6-2-1-5-14(17)15-8-18(24)23-11-22(10-13-4-3-7-25-13)12-26-19(23)16(15)9-21/h1-7,15H,8,10-12H2/t15-/m0/s1. The number of halogens is 1. The monoisotopic (exact) mass is 385 g/mol. The predicted octanol–water partition coefficient (Wildman–Crippen LogP) is 4.15. The molecule has 0 spiro atoms. The van der Waals surface area contributed by atoms with Crippen molar-refractivity contribution in [2.24, 2.45) is 0 Å². The maximum atomic E-state index is 12.8. The van der Waals surface area contributed by atoms with Crippen molar-refractivity contribution in [1.82, 2.24) is 9.80 Å². The number of fused-ring (bicyclic) bond motifs is 1. The molecule has 0 unspecified atom stereocenters. The molecular weight excluding hydrogens is 370 g/mol. The van der Waals surface area contributed by atoms with Gasteiger partial charge in [0.05, 0.1) is 42.0 Å². The highest BCUT2D eigenvalue weighted by Crippen LogP contribution is 2.44. The summed E-state index contributed by atoms with van der Waals surface area (Å²) in [5, 5.41) is 11.1. The van der Waals surface area contributed by atoms with Crippen molar-refractivity contribution in [1.29, 1.82) is 5.26 Å². The maximum absolute atomic E-state index is 12.8. The maximum Gasteiger partial charge on any atom is 0.229 e. The highest BCUT2D eigenvalue weighted by Gasteiger charge is 2.38. The lowest BCUT2D eigenvalue weighted by Crippen LogP contribution is -2.46. The number of hydrogen-bond donors (Lipinski definition) is 0. The summed E-state index contributed by atoms with van der Waals surface area (Å²) in [4.78, 5) is 16.6. The molecule has 1 fully saturated rings. The van der Waals surface area contributed by atoms with Crippen LogP contribution in [-0.4, -0.2) is 28.3 Å². The summed E-state index contributed by atoms with van der Waals surface area (Å²) >= 11 is 7.84. The molecule has 1 aromatic heterocycles. The van der Waals surface area contributed by atoms with Crippen LogP contribution in [0.1, 0.15) is 23.7 Å². The van der Waals surface area contributed by atoms with Crippen molar-refractivity contribution in [3.63, 3.8) is 0 Å². The second-order valence-corrected chi connectivity index (χ2v) is 7.59. The van der Waals surface area contributed by atoms with Crippen LogP contribution in [0.3, 0.4) is 0 Å². The average Bonchev–Trinajstić information content (AvgIpc) is 3.15. The molecule has 2 aromatic rings. The van der Waals surface area contributed by atoms with E-state index in [1.165, 1.54) is 11.8 Å². The first-order valence-electron chi connectivity index (χ1n) is 8.24. The number of nitrogens with zero attached hydrogens (tertiary/aromatic N) is 3. The molecule has 1 saturated heterocycles. The Morgan fingerprint density at radius 1 is 1.31 bits per heavy atom. The number of amides is 1. The molecule has 4 rings (SSSR count). The van der Waals surface area contributed by atoms with Crippen LogP contribution in [0.25, 0.3) is 0 Å². The number of allylic oxidation sites excluding steroid dienone is 1. The van der Waals surface area contributed by atoms with Gasteiger partial charge in [-0.1, -0.05) is 41.6 Å². The number of furan rings is 1. The molecule has 1 atom stereocenters. The third kappa shape index (κ3) is 3.14. The van der Waals surface area contributed by atoms with Crippen LogP contribution in [0.5, 0.6) is 0 Å². The lowest BCUT2D eigenvalue weighted by Gasteiger charge is -2.41. The van der Waals surface area contributed by atoms with E-state index < -0.39 is 0 Å². The zero-order chi connectivity index (χ0) is 18.1. The number of carbonyl (C=O) groups excluding carboxylic acids is 1. The van der Waals surface area contributed by atoms with Gasteiger partial charge in [-0.3, -0.25) is 14.6 Å². The molecule has 0 saturated carbocycles. The Bertz CT molecular complexity index is 904. The van der Waals surface area contributed by atoms with Crippen molar-refractivity contribution in [2.75, 3.05) is 12.5 Å². The first-order valence-corrected chi connectivity index (χ1v) is 9.60. The van der Waals surface area contributed by atoms with Gasteiger partial charge in [-0.15, -0.1) is 0 Å². The number of carbonyl (C=O) groups is 1. The van der Waals surface area contributed by atoms with Gasteiger partial charge in [0.1, 0.15) is 5.76 Å². The first kappa shape index (κ1) is 17.2. The van der Waals surface area contributed by atoms with E-state index in [0.717, 1.165) is 16.4 Å². The van der Waals surface area contributed by atoms with Gasteiger partial charge in [-0.25, -0.2) is 0 Å². The zero-order valence-electron chi connectivity index (χ0n) is 13.9. The fraction of sp³-hybridized carbons (Fsp3) is 0.263. The van der Waals surface area contributed by atoms with Crippen LogP contribution in [0.4, 0.5) is 0 Å². The molecule has 132 valence electrons. The van der Waals surface area contributed by atoms with E-state index in [1.807, 2.05) is 30.3 Å². The third-order valence-electron chi connectivity index (χ3n) is 4.59. The average molecular weight is 386 g/mol. The highest BCUT2D eigenvalue weighted by molar-refractivity contribution is 8.03. The first-order chi connectivity index (χ1) is 12.7. The van der Waals surface area contributed by atoms with Gasteiger partial charge in [0.15, 0.2) is 0 Å². The Morgan fingerprint density at radius 3 is 2.88 bits per heavy atom. The minimum Gasteiger partial charge on any atom is -0.468 e.